The number of nitrogens with one attached hydrogen (secondary N) is 2. The number of H-pyrrole nitrogens is 1. The molecule has 1 saturated carbocycles. The van der Waals surface area contributed by atoms with E-state index < -0.39 is 0 Å². The van der Waals surface area contributed by atoms with Gasteiger partial charge in [0.15, 0.2) is 0 Å². The Morgan fingerprint density at radius 2 is 1.88 bits per heavy atom. The summed E-state index contributed by atoms with van der Waals surface area (Å²) in [4.78, 5) is 30.5. The Bertz CT molecular complexity index is 1030. The standard InChI is InChI=1S/C25H34ClN3O3/c1-6-29(19-7-9-20(32-5)10-8-19)23-13-18(26)12-21(17(23)4)24(30)27-14-22-15(2)11-16(3)28-25(22)31/h11-13,19-20H,6-10,14H2,1-5H3,(H,27,30)(H,28,31). The van der Waals surface area contributed by atoms with Crippen LogP contribution in [0.5, 0.6) is 0 Å². The average Bonchev–Trinajstić information content (AvgIpc) is 2.75. The molecule has 3 rings (SSSR count). The second-order valence-electron chi connectivity index (χ2n) is 8.68. The first-order valence-electron chi connectivity index (χ1n) is 11.3. The van der Waals surface area contributed by atoms with Gasteiger partial charge in [-0.15, -0.1) is 0 Å². The van der Waals surface area contributed by atoms with Crippen LogP contribution in [0.25, 0.3) is 0 Å². The van der Waals surface area contributed by atoms with Crippen LogP contribution in [0.4, 0.5) is 5.69 Å². The van der Waals surface area contributed by atoms with Gasteiger partial charge in [-0.3, -0.25) is 9.59 Å². The third-order valence-electron chi connectivity index (χ3n) is 6.58. The summed E-state index contributed by atoms with van der Waals surface area (Å²) >= 11 is 6.46. The Kier molecular flexibility index (Phi) is 8.01. The molecular weight excluding hydrogens is 426 g/mol. The number of anilines is 1. The smallest absolute Gasteiger partial charge is 0.253 e. The van der Waals surface area contributed by atoms with Gasteiger partial charge in [-0.05, 0) is 82.7 Å². The van der Waals surface area contributed by atoms with Gasteiger partial charge in [-0.25, -0.2) is 0 Å². The van der Waals surface area contributed by atoms with Crippen LogP contribution in [0.2, 0.25) is 5.02 Å². The number of aromatic nitrogens is 1. The van der Waals surface area contributed by atoms with Gasteiger partial charge in [0.2, 0.25) is 0 Å². The summed E-state index contributed by atoms with van der Waals surface area (Å²) < 4.78 is 5.52. The molecule has 0 aliphatic heterocycles. The normalized spacial score (nSPS) is 18.4. The molecule has 32 heavy (non-hydrogen) atoms. The SMILES string of the molecule is CCN(c1cc(Cl)cc(C(=O)NCc2c(C)cc(C)[nH]c2=O)c1C)C1CCC(OC)CC1. The summed E-state index contributed by atoms with van der Waals surface area (Å²) in [6, 6.07) is 5.96. The fourth-order valence-electron chi connectivity index (χ4n) is 4.78. The summed E-state index contributed by atoms with van der Waals surface area (Å²) in [6.45, 7) is 8.82. The maximum absolute atomic E-state index is 13.1. The number of carbonyl (C=O) groups is 1. The van der Waals surface area contributed by atoms with E-state index in [4.69, 9.17) is 16.3 Å². The van der Waals surface area contributed by atoms with Crippen molar-refractivity contribution in [2.45, 2.75) is 72.1 Å². The molecule has 6 nitrogen and oxygen atoms in total. The molecule has 7 heteroatoms. The molecule has 0 atom stereocenters. The van der Waals surface area contributed by atoms with E-state index in [2.05, 4.69) is 22.1 Å². The van der Waals surface area contributed by atoms with Gasteiger partial charge in [-0.2, -0.15) is 0 Å². The van der Waals surface area contributed by atoms with Gasteiger partial charge in [0.1, 0.15) is 0 Å². The van der Waals surface area contributed by atoms with Crippen molar-refractivity contribution in [1.29, 1.82) is 0 Å². The molecule has 1 aliphatic carbocycles. The molecule has 1 heterocycles. The number of benzene rings is 1. The fraction of sp³-hybridized carbons (Fsp3) is 0.520. The molecule has 1 aromatic heterocycles. The predicted octanol–water partition coefficient (Wildman–Crippen LogP) is 4.67. The number of aryl methyl sites for hydroxylation is 2. The summed E-state index contributed by atoms with van der Waals surface area (Å²) in [7, 11) is 1.78. The van der Waals surface area contributed by atoms with Crippen LogP contribution in [0, 0.1) is 20.8 Å². The number of halogens is 1. The minimum atomic E-state index is -0.232. The molecule has 0 bridgehead atoms. The fourth-order valence-corrected chi connectivity index (χ4v) is 4.99. The number of hydrogen-bond acceptors (Lipinski definition) is 4. The van der Waals surface area contributed by atoms with Crippen LogP contribution in [-0.4, -0.2) is 36.7 Å². The summed E-state index contributed by atoms with van der Waals surface area (Å²) in [5.74, 6) is -0.232. The van der Waals surface area contributed by atoms with Crippen molar-refractivity contribution in [3.05, 3.63) is 61.5 Å². The van der Waals surface area contributed by atoms with Gasteiger partial charge >= 0.3 is 0 Å². The summed E-state index contributed by atoms with van der Waals surface area (Å²) in [6.07, 6.45) is 4.51. The number of hydrogen-bond donors (Lipinski definition) is 2. The highest BCUT2D eigenvalue weighted by Crippen LogP contribution is 2.33. The second-order valence-corrected chi connectivity index (χ2v) is 9.11. The van der Waals surface area contributed by atoms with Gasteiger partial charge < -0.3 is 19.9 Å². The molecule has 174 valence electrons. The topological polar surface area (TPSA) is 74.4 Å². The molecule has 1 amide bonds. The van der Waals surface area contributed by atoms with Crippen LogP contribution in [0.15, 0.2) is 23.0 Å². The second kappa shape index (κ2) is 10.5. The zero-order chi connectivity index (χ0) is 23.4. The lowest BCUT2D eigenvalue weighted by Crippen LogP contribution is -2.40. The Morgan fingerprint density at radius 3 is 2.47 bits per heavy atom. The molecule has 1 fully saturated rings. The lowest BCUT2D eigenvalue weighted by atomic mass is 9.91. The van der Waals surface area contributed by atoms with Crippen LogP contribution in [0.3, 0.4) is 0 Å². The van der Waals surface area contributed by atoms with Crippen molar-refractivity contribution in [3.63, 3.8) is 0 Å². The maximum atomic E-state index is 13.1. The first-order chi connectivity index (χ1) is 15.2. The van der Waals surface area contributed by atoms with Crippen molar-refractivity contribution >= 4 is 23.2 Å². The molecule has 0 spiro atoms. The zero-order valence-electron chi connectivity index (χ0n) is 19.7. The first-order valence-corrected chi connectivity index (χ1v) is 11.7. The zero-order valence-corrected chi connectivity index (χ0v) is 20.4. The summed E-state index contributed by atoms with van der Waals surface area (Å²) in [5.41, 5.74) is 4.49. The number of aromatic amines is 1. The Balaban J connectivity index is 1.82. The minimum absolute atomic E-state index is 0.167. The van der Waals surface area contributed by atoms with E-state index in [1.165, 1.54) is 0 Å². The highest BCUT2D eigenvalue weighted by Gasteiger charge is 2.27. The predicted molar refractivity (Wildman–Crippen MR) is 130 cm³/mol. The molecular formula is C25H34ClN3O3. The van der Waals surface area contributed by atoms with E-state index in [-0.39, 0.29) is 18.0 Å². The van der Waals surface area contributed by atoms with Crippen molar-refractivity contribution < 1.29 is 9.53 Å². The molecule has 0 radical (unpaired) electrons. The van der Waals surface area contributed by atoms with Gasteiger partial charge in [0, 0.05) is 53.8 Å². The largest absolute Gasteiger partial charge is 0.381 e. The molecule has 2 N–H and O–H groups in total. The van der Waals surface area contributed by atoms with Crippen LogP contribution >= 0.6 is 11.6 Å². The highest BCUT2D eigenvalue weighted by molar-refractivity contribution is 6.31. The number of ether oxygens (including phenoxy) is 1. The quantitative estimate of drug-likeness (QED) is 0.631. The van der Waals surface area contributed by atoms with E-state index in [9.17, 15) is 9.59 Å². The lowest BCUT2D eigenvalue weighted by molar-refractivity contribution is 0.0656. The molecule has 0 saturated heterocycles. The number of amides is 1. The van der Waals surface area contributed by atoms with Gasteiger partial charge in [0.05, 0.1) is 6.10 Å². The van der Waals surface area contributed by atoms with Gasteiger partial charge in [0.25, 0.3) is 11.5 Å². The molecule has 1 aliphatic rings. The monoisotopic (exact) mass is 459 g/mol. The Hall–Kier alpha value is -2.31. The van der Waals surface area contributed by atoms with Gasteiger partial charge in [-0.1, -0.05) is 11.6 Å². The first kappa shape index (κ1) is 24.3. The molecule has 0 unspecified atom stereocenters. The third-order valence-corrected chi connectivity index (χ3v) is 6.80. The average molecular weight is 460 g/mol. The number of rotatable bonds is 7. The van der Waals surface area contributed by atoms with E-state index in [0.29, 0.717) is 28.3 Å². The van der Waals surface area contributed by atoms with Crippen molar-refractivity contribution in [2.75, 3.05) is 18.6 Å². The minimum Gasteiger partial charge on any atom is -0.381 e. The molecule has 1 aromatic carbocycles. The van der Waals surface area contributed by atoms with Crippen LogP contribution < -0.4 is 15.8 Å². The van der Waals surface area contributed by atoms with Crippen LogP contribution in [-0.2, 0) is 11.3 Å². The van der Waals surface area contributed by atoms with Crippen LogP contribution in [0.1, 0.15) is 65.3 Å². The van der Waals surface area contributed by atoms with Crippen molar-refractivity contribution in [1.82, 2.24) is 10.3 Å². The number of pyridine rings is 1. The Labute approximate surface area is 195 Å². The third kappa shape index (κ3) is 5.36. The van der Waals surface area contributed by atoms with E-state index in [0.717, 1.165) is 54.7 Å². The van der Waals surface area contributed by atoms with E-state index in [1.54, 1.807) is 13.2 Å². The van der Waals surface area contributed by atoms with E-state index in [1.807, 2.05) is 32.9 Å². The Morgan fingerprint density at radius 1 is 1.19 bits per heavy atom. The number of nitrogens with zero attached hydrogens (tertiary/aromatic N) is 1. The number of carbonyl (C=O) groups excluding carboxylic acids is 1. The number of methoxy groups -OCH3 is 1. The summed E-state index contributed by atoms with van der Waals surface area (Å²) in [5, 5.41) is 3.44. The molecule has 2 aromatic rings. The maximum Gasteiger partial charge on any atom is 0.253 e. The van der Waals surface area contributed by atoms with E-state index >= 15 is 0 Å². The van der Waals surface area contributed by atoms with Crippen molar-refractivity contribution in [3.8, 4) is 0 Å². The van der Waals surface area contributed by atoms with Crippen molar-refractivity contribution in [2.24, 2.45) is 0 Å². The lowest BCUT2D eigenvalue weighted by Gasteiger charge is -2.38. The highest BCUT2D eigenvalue weighted by atomic mass is 35.5.